The summed E-state index contributed by atoms with van der Waals surface area (Å²) < 4.78 is 44.6. The number of hydrogen-bond donors (Lipinski definition) is 1. The Morgan fingerprint density at radius 3 is 2.44 bits per heavy atom. The Bertz CT molecular complexity index is 896. The number of hydrogen-bond acceptors (Lipinski definition) is 2. The predicted octanol–water partition coefficient (Wildman–Crippen LogP) is 3.77. The van der Waals surface area contributed by atoms with Gasteiger partial charge in [-0.1, -0.05) is 30.3 Å². The summed E-state index contributed by atoms with van der Waals surface area (Å²) in [4.78, 5) is 14.6. The molecule has 1 heterocycles. The fraction of sp³-hybridized carbons (Fsp3) is 0.381. The van der Waals surface area contributed by atoms with E-state index in [1.54, 1.807) is 24.0 Å². The van der Waals surface area contributed by atoms with Crippen molar-refractivity contribution in [2.75, 3.05) is 13.1 Å². The lowest BCUT2D eigenvalue weighted by Crippen LogP contribution is -2.57. The van der Waals surface area contributed by atoms with Crippen LogP contribution in [-0.4, -0.2) is 29.9 Å². The van der Waals surface area contributed by atoms with Crippen LogP contribution in [0.15, 0.2) is 42.5 Å². The number of carbonyl (C=O) groups excluding carboxylic acids is 1. The molecule has 4 rings (SSSR count). The van der Waals surface area contributed by atoms with Crippen molar-refractivity contribution in [3.05, 3.63) is 59.7 Å². The first kappa shape index (κ1) is 18.0. The van der Waals surface area contributed by atoms with Crippen molar-refractivity contribution in [1.82, 2.24) is 4.90 Å². The summed E-state index contributed by atoms with van der Waals surface area (Å²) in [6, 6.07) is 9.72. The monoisotopic (exact) mass is 374 g/mol. The number of rotatable bonds is 4. The zero-order valence-corrected chi connectivity index (χ0v) is 15.0. The number of amides is 1. The number of benzene rings is 2. The van der Waals surface area contributed by atoms with Gasteiger partial charge in [0.1, 0.15) is 11.6 Å². The molecule has 0 radical (unpaired) electrons. The van der Waals surface area contributed by atoms with Crippen LogP contribution in [0.1, 0.15) is 25.3 Å². The average molecular weight is 374 g/mol. The van der Waals surface area contributed by atoms with Crippen molar-refractivity contribution in [3.8, 4) is 11.1 Å². The third kappa shape index (κ3) is 2.50. The third-order valence-electron chi connectivity index (χ3n) is 6.08. The van der Waals surface area contributed by atoms with Crippen LogP contribution in [0.5, 0.6) is 0 Å². The molecule has 1 saturated heterocycles. The molecule has 0 spiro atoms. The molecular weight excluding hydrogens is 353 g/mol. The van der Waals surface area contributed by atoms with E-state index < -0.39 is 22.7 Å². The molecule has 0 bridgehead atoms. The highest BCUT2D eigenvalue weighted by Crippen LogP contribution is 2.68. The molecular formula is C21H21F3N2O. The van der Waals surface area contributed by atoms with Gasteiger partial charge in [-0.3, -0.25) is 4.79 Å². The van der Waals surface area contributed by atoms with Crippen LogP contribution < -0.4 is 5.73 Å². The van der Waals surface area contributed by atoms with Crippen LogP contribution in [0, 0.1) is 17.0 Å². The minimum absolute atomic E-state index is 0.0142. The summed E-state index contributed by atoms with van der Waals surface area (Å²) in [5, 5.41) is 0. The maximum atomic E-state index is 16.0. The third-order valence-corrected chi connectivity index (χ3v) is 6.08. The largest absolute Gasteiger partial charge is 0.338 e. The smallest absolute Gasteiger partial charge is 0.232 e. The Morgan fingerprint density at radius 2 is 1.85 bits per heavy atom. The van der Waals surface area contributed by atoms with Gasteiger partial charge in [-0.15, -0.1) is 0 Å². The number of nitrogens with two attached hydrogens (primary N) is 1. The van der Waals surface area contributed by atoms with Crippen molar-refractivity contribution in [1.29, 1.82) is 0 Å². The minimum Gasteiger partial charge on any atom is -0.338 e. The van der Waals surface area contributed by atoms with Gasteiger partial charge in [-0.05, 0) is 36.6 Å². The summed E-state index contributed by atoms with van der Waals surface area (Å²) in [6.45, 7) is 2.49. The Morgan fingerprint density at radius 1 is 1.19 bits per heavy atom. The van der Waals surface area contributed by atoms with E-state index in [2.05, 4.69) is 0 Å². The first-order valence-corrected chi connectivity index (χ1v) is 9.07. The van der Waals surface area contributed by atoms with E-state index in [9.17, 15) is 13.6 Å². The number of nitrogens with zero attached hydrogens (tertiary/aromatic N) is 1. The summed E-state index contributed by atoms with van der Waals surface area (Å²) in [5.74, 6) is -1.80. The van der Waals surface area contributed by atoms with Crippen LogP contribution >= 0.6 is 0 Å². The molecule has 2 aromatic rings. The molecule has 6 heteroatoms. The summed E-state index contributed by atoms with van der Waals surface area (Å²) in [5.41, 5.74) is 2.47. The fourth-order valence-electron chi connectivity index (χ4n) is 4.15. The number of carbonyl (C=O) groups is 1. The van der Waals surface area contributed by atoms with E-state index in [4.69, 9.17) is 5.73 Å². The summed E-state index contributed by atoms with van der Waals surface area (Å²) >= 11 is 0. The molecule has 27 heavy (non-hydrogen) atoms. The highest BCUT2D eigenvalue weighted by atomic mass is 19.1. The zero-order chi connectivity index (χ0) is 19.4. The van der Waals surface area contributed by atoms with Gasteiger partial charge in [-0.25, -0.2) is 13.2 Å². The van der Waals surface area contributed by atoms with Crippen LogP contribution in [0.25, 0.3) is 11.1 Å². The van der Waals surface area contributed by atoms with E-state index in [0.717, 1.165) is 18.6 Å². The standard InChI is InChI=1S/C21H21F3N2O/c1-20(19(27)26-10-9-13(26)11-25)12-21(20,24)15-6-3-2-5-14(15)18-16(22)7-4-8-17(18)23/h2-8,13H,9-12,25H2,1H3/t13-,20?,21?/m0/s1. The van der Waals surface area contributed by atoms with Gasteiger partial charge in [0.05, 0.1) is 11.0 Å². The average Bonchev–Trinajstić information content (AvgIpc) is 3.19. The predicted molar refractivity (Wildman–Crippen MR) is 96.5 cm³/mol. The maximum Gasteiger partial charge on any atom is 0.232 e. The first-order valence-electron chi connectivity index (χ1n) is 9.07. The molecule has 3 atom stereocenters. The van der Waals surface area contributed by atoms with E-state index in [0.29, 0.717) is 13.1 Å². The lowest BCUT2D eigenvalue weighted by Gasteiger charge is -2.42. The fourth-order valence-corrected chi connectivity index (χ4v) is 4.15. The SMILES string of the molecule is CC1(C(=O)N2CC[C@H]2CN)CC1(F)c1ccccc1-c1c(F)cccc1F. The topological polar surface area (TPSA) is 46.3 Å². The number of alkyl halides is 1. The minimum atomic E-state index is -1.97. The summed E-state index contributed by atoms with van der Waals surface area (Å²) in [6.07, 6.45) is 0.800. The van der Waals surface area contributed by atoms with Crippen molar-refractivity contribution < 1.29 is 18.0 Å². The number of likely N-dealkylation sites (tertiary alicyclic amines) is 1. The van der Waals surface area contributed by atoms with E-state index in [1.165, 1.54) is 18.2 Å². The normalized spacial score (nSPS) is 29.4. The molecule has 2 N–H and O–H groups in total. The van der Waals surface area contributed by atoms with Gasteiger partial charge < -0.3 is 10.6 Å². The highest BCUT2D eigenvalue weighted by Gasteiger charge is 2.73. The molecule has 142 valence electrons. The maximum absolute atomic E-state index is 16.0. The Hall–Kier alpha value is -2.34. The van der Waals surface area contributed by atoms with Gasteiger partial charge >= 0.3 is 0 Å². The lowest BCUT2D eigenvalue weighted by atomic mass is 9.89. The molecule has 1 aliphatic heterocycles. The second-order valence-corrected chi connectivity index (χ2v) is 7.63. The van der Waals surface area contributed by atoms with Gasteiger partial charge in [0.25, 0.3) is 0 Å². The molecule has 1 amide bonds. The molecule has 2 aromatic carbocycles. The van der Waals surface area contributed by atoms with Crippen molar-refractivity contribution in [2.45, 2.75) is 31.5 Å². The lowest BCUT2D eigenvalue weighted by molar-refractivity contribution is -0.145. The van der Waals surface area contributed by atoms with Gasteiger partial charge in [-0.2, -0.15) is 0 Å². The van der Waals surface area contributed by atoms with E-state index in [-0.39, 0.29) is 35.1 Å². The second-order valence-electron chi connectivity index (χ2n) is 7.63. The van der Waals surface area contributed by atoms with Gasteiger partial charge in [0, 0.05) is 25.6 Å². The number of halogens is 3. The molecule has 1 saturated carbocycles. The van der Waals surface area contributed by atoms with Crippen LogP contribution in [0.4, 0.5) is 13.2 Å². The van der Waals surface area contributed by atoms with Crippen molar-refractivity contribution in [2.24, 2.45) is 11.1 Å². The van der Waals surface area contributed by atoms with Gasteiger partial charge in [0.15, 0.2) is 5.67 Å². The molecule has 2 aliphatic rings. The highest BCUT2D eigenvalue weighted by molar-refractivity contribution is 5.90. The Kier molecular flexibility index (Phi) is 4.07. The van der Waals surface area contributed by atoms with Crippen LogP contribution in [0.3, 0.4) is 0 Å². The molecule has 2 fully saturated rings. The molecule has 0 aromatic heterocycles. The quantitative estimate of drug-likeness (QED) is 0.886. The van der Waals surface area contributed by atoms with Crippen LogP contribution in [-0.2, 0) is 10.5 Å². The van der Waals surface area contributed by atoms with Crippen molar-refractivity contribution >= 4 is 5.91 Å². The molecule has 1 aliphatic carbocycles. The summed E-state index contributed by atoms with van der Waals surface area (Å²) in [7, 11) is 0. The van der Waals surface area contributed by atoms with E-state index in [1.807, 2.05) is 0 Å². The second kappa shape index (κ2) is 6.09. The van der Waals surface area contributed by atoms with Gasteiger partial charge in [0.2, 0.25) is 5.91 Å². The van der Waals surface area contributed by atoms with E-state index >= 15 is 4.39 Å². The zero-order valence-electron chi connectivity index (χ0n) is 15.0. The molecule has 2 unspecified atom stereocenters. The molecule has 3 nitrogen and oxygen atoms in total. The van der Waals surface area contributed by atoms with Crippen molar-refractivity contribution in [3.63, 3.8) is 0 Å². The first-order chi connectivity index (χ1) is 12.8. The Balaban J connectivity index is 1.74. The van der Waals surface area contributed by atoms with Crippen LogP contribution in [0.2, 0.25) is 0 Å². The Labute approximate surface area is 156 Å².